The Morgan fingerprint density at radius 1 is 1.47 bits per heavy atom. The molecule has 0 saturated carbocycles. The molecule has 1 unspecified atom stereocenters. The van der Waals surface area contributed by atoms with Crippen molar-refractivity contribution in [2.75, 3.05) is 6.54 Å². The molecule has 0 bridgehead atoms. The SMILES string of the molecule is CCCNC(C)/C(C)=C/c1ccc(C)c(Br)c1. The maximum absolute atomic E-state index is 3.57. The maximum atomic E-state index is 3.57. The van der Waals surface area contributed by atoms with Crippen LogP contribution in [0.4, 0.5) is 0 Å². The highest BCUT2D eigenvalue weighted by Crippen LogP contribution is 2.19. The average Bonchev–Trinajstić information content (AvgIpc) is 2.30. The van der Waals surface area contributed by atoms with Gasteiger partial charge in [-0.15, -0.1) is 0 Å². The molecule has 0 aromatic heterocycles. The van der Waals surface area contributed by atoms with E-state index in [1.165, 1.54) is 27.6 Å². The molecule has 1 aromatic rings. The van der Waals surface area contributed by atoms with Gasteiger partial charge in [0.15, 0.2) is 0 Å². The molecule has 0 aliphatic heterocycles. The molecule has 0 saturated heterocycles. The summed E-state index contributed by atoms with van der Waals surface area (Å²) >= 11 is 3.57. The van der Waals surface area contributed by atoms with Crippen molar-refractivity contribution in [1.29, 1.82) is 0 Å². The lowest BCUT2D eigenvalue weighted by molar-refractivity contribution is 0.604. The number of aryl methyl sites for hydroxylation is 1. The Bertz CT molecular complexity index is 396. The number of nitrogens with one attached hydrogen (secondary N) is 1. The zero-order valence-electron chi connectivity index (χ0n) is 11.2. The standard InChI is InChI=1S/C15H22BrN/c1-5-8-17-13(4)12(3)9-14-7-6-11(2)15(16)10-14/h6-7,9-10,13,17H,5,8H2,1-4H3/b12-9+. The van der Waals surface area contributed by atoms with Crippen LogP contribution in [0.25, 0.3) is 6.08 Å². The van der Waals surface area contributed by atoms with E-state index < -0.39 is 0 Å². The molecule has 0 heterocycles. The molecule has 0 fully saturated rings. The second-order valence-electron chi connectivity index (χ2n) is 4.57. The van der Waals surface area contributed by atoms with E-state index >= 15 is 0 Å². The molecule has 1 nitrogen and oxygen atoms in total. The minimum atomic E-state index is 0.440. The van der Waals surface area contributed by atoms with Crippen molar-refractivity contribution >= 4 is 22.0 Å². The Kier molecular flexibility index (Phi) is 5.93. The van der Waals surface area contributed by atoms with Crippen LogP contribution in [0.1, 0.15) is 38.3 Å². The summed E-state index contributed by atoms with van der Waals surface area (Å²) in [6, 6.07) is 6.92. The van der Waals surface area contributed by atoms with Crippen LogP contribution in [-0.4, -0.2) is 12.6 Å². The molecule has 1 aromatic carbocycles. The van der Waals surface area contributed by atoms with Gasteiger partial charge in [0.25, 0.3) is 0 Å². The highest BCUT2D eigenvalue weighted by molar-refractivity contribution is 9.10. The third-order valence-corrected chi connectivity index (χ3v) is 3.83. The molecule has 0 radical (unpaired) electrons. The lowest BCUT2D eigenvalue weighted by Crippen LogP contribution is -2.27. The Labute approximate surface area is 113 Å². The summed E-state index contributed by atoms with van der Waals surface area (Å²) in [5, 5.41) is 3.50. The first-order valence-electron chi connectivity index (χ1n) is 6.22. The highest BCUT2D eigenvalue weighted by atomic mass is 79.9. The third-order valence-electron chi connectivity index (χ3n) is 2.97. The topological polar surface area (TPSA) is 12.0 Å². The van der Waals surface area contributed by atoms with Crippen molar-refractivity contribution in [3.05, 3.63) is 39.4 Å². The molecular formula is C15H22BrN. The van der Waals surface area contributed by atoms with Crippen LogP contribution in [0.5, 0.6) is 0 Å². The van der Waals surface area contributed by atoms with E-state index in [1.54, 1.807) is 0 Å². The van der Waals surface area contributed by atoms with Gasteiger partial charge in [-0.25, -0.2) is 0 Å². The monoisotopic (exact) mass is 295 g/mol. The largest absolute Gasteiger partial charge is 0.311 e. The van der Waals surface area contributed by atoms with Crippen LogP contribution < -0.4 is 5.32 Å². The molecule has 0 aliphatic rings. The molecule has 1 atom stereocenters. The molecular weight excluding hydrogens is 274 g/mol. The van der Waals surface area contributed by atoms with Gasteiger partial charge in [-0.1, -0.05) is 46.6 Å². The zero-order chi connectivity index (χ0) is 12.8. The Balaban J connectivity index is 2.76. The van der Waals surface area contributed by atoms with Crippen LogP contribution in [0.2, 0.25) is 0 Å². The van der Waals surface area contributed by atoms with Crippen LogP contribution in [-0.2, 0) is 0 Å². The lowest BCUT2D eigenvalue weighted by Gasteiger charge is -2.14. The highest BCUT2D eigenvalue weighted by Gasteiger charge is 2.03. The normalized spacial score (nSPS) is 13.8. The summed E-state index contributed by atoms with van der Waals surface area (Å²) in [6.45, 7) is 9.77. The van der Waals surface area contributed by atoms with Gasteiger partial charge in [0.2, 0.25) is 0 Å². The van der Waals surface area contributed by atoms with Crippen LogP contribution in [0.15, 0.2) is 28.2 Å². The predicted molar refractivity (Wildman–Crippen MR) is 80.3 cm³/mol. The van der Waals surface area contributed by atoms with E-state index in [4.69, 9.17) is 0 Å². The van der Waals surface area contributed by atoms with E-state index in [9.17, 15) is 0 Å². The van der Waals surface area contributed by atoms with E-state index in [1.807, 2.05) is 0 Å². The van der Waals surface area contributed by atoms with Crippen molar-refractivity contribution in [2.24, 2.45) is 0 Å². The van der Waals surface area contributed by atoms with Crippen LogP contribution >= 0.6 is 15.9 Å². The van der Waals surface area contributed by atoms with Gasteiger partial charge in [0.1, 0.15) is 0 Å². The van der Waals surface area contributed by atoms with E-state index in [0.717, 1.165) is 6.54 Å². The lowest BCUT2D eigenvalue weighted by atomic mass is 10.1. The Morgan fingerprint density at radius 2 is 2.18 bits per heavy atom. The summed E-state index contributed by atoms with van der Waals surface area (Å²) in [7, 11) is 0. The molecule has 0 aliphatic carbocycles. The first-order valence-corrected chi connectivity index (χ1v) is 7.01. The maximum Gasteiger partial charge on any atom is 0.0251 e. The quantitative estimate of drug-likeness (QED) is 0.840. The second kappa shape index (κ2) is 6.97. The Hall–Kier alpha value is -0.600. The average molecular weight is 296 g/mol. The van der Waals surface area contributed by atoms with E-state index in [-0.39, 0.29) is 0 Å². The molecule has 94 valence electrons. The van der Waals surface area contributed by atoms with Crippen molar-refractivity contribution in [2.45, 2.75) is 40.2 Å². The summed E-state index contributed by atoms with van der Waals surface area (Å²) in [4.78, 5) is 0. The van der Waals surface area contributed by atoms with Gasteiger partial charge in [-0.05, 0) is 50.9 Å². The molecule has 17 heavy (non-hydrogen) atoms. The first-order chi connectivity index (χ1) is 8.04. The van der Waals surface area contributed by atoms with Gasteiger partial charge in [-0.2, -0.15) is 0 Å². The number of halogens is 1. The minimum absolute atomic E-state index is 0.440. The fourth-order valence-electron chi connectivity index (χ4n) is 1.61. The van der Waals surface area contributed by atoms with Crippen molar-refractivity contribution in [3.8, 4) is 0 Å². The van der Waals surface area contributed by atoms with Crippen molar-refractivity contribution in [3.63, 3.8) is 0 Å². The third kappa shape index (κ3) is 4.64. The molecule has 2 heteroatoms. The van der Waals surface area contributed by atoms with Crippen LogP contribution in [0, 0.1) is 6.92 Å². The van der Waals surface area contributed by atoms with E-state index in [0.29, 0.717) is 6.04 Å². The summed E-state index contributed by atoms with van der Waals surface area (Å²) in [5.74, 6) is 0. The molecule has 0 amide bonds. The summed E-state index contributed by atoms with van der Waals surface area (Å²) in [5.41, 5.74) is 3.90. The van der Waals surface area contributed by atoms with Gasteiger partial charge in [0.05, 0.1) is 0 Å². The molecule has 1 rings (SSSR count). The molecule has 1 N–H and O–H groups in total. The minimum Gasteiger partial charge on any atom is -0.311 e. The number of rotatable bonds is 5. The second-order valence-corrected chi connectivity index (χ2v) is 5.43. The fourth-order valence-corrected chi connectivity index (χ4v) is 2.01. The number of hydrogen-bond donors (Lipinski definition) is 1. The van der Waals surface area contributed by atoms with Crippen molar-refractivity contribution in [1.82, 2.24) is 5.32 Å². The van der Waals surface area contributed by atoms with Gasteiger partial charge >= 0.3 is 0 Å². The number of hydrogen-bond acceptors (Lipinski definition) is 1. The first kappa shape index (κ1) is 14.5. The predicted octanol–water partition coefficient (Wildman–Crippen LogP) is 4.55. The van der Waals surface area contributed by atoms with Gasteiger partial charge in [-0.3, -0.25) is 0 Å². The van der Waals surface area contributed by atoms with E-state index in [2.05, 4.69) is 73.2 Å². The molecule has 0 spiro atoms. The van der Waals surface area contributed by atoms with Crippen molar-refractivity contribution < 1.29 is 0 Å². The smallest absolute Gasteiger partial charge is 0.0251 e. The zero-order valence-corrected chi connectivity index (χ0v) is 12.8. The van der Waals surface area contributed by atoms with Crippen LogP contribution in [0.3, 0.4) is 0 Å². The Morgan fingerprint density at radius 3 is 2.76 bits per heavy atom. The number of benzene rings is 1. The fraction of sp³-hybridized carbons (Fsp3) is 0.467. The van der Waals surface area contributed by atoms with Gasteiger partial charge in [0, 0.05) is 10.5 Å². The summed E-state index contributed by atoms with van der Waals surface area (Å²) in [6.07, 6.45) is 3.42. The summed E-state index contributed by atoms with van der Waals surface area (Å²) < 4.78 is 1.17. The van der Waals surface area contributed by atoms with Gasteiger partial charge < -0.3 is 5.32 Å².